The molecule has 0 N–H and O–H groups in total. The van der Waals surface area contributed by atoms with E-state index in [0.717, 1.165) is 66.9 Å². The lowest BCUT2D eigenvalue weighted by atomic mass is 9.85. The Morgan fingerprint density at radius 1 is 0.925 bits per heavy atom. The Balaban J connectivity index is 1.12. The van der Waals surface area contributed by atoms with Gasteiger partial charge in [-0.3, -0.25) is 0 Å². The van der Waals surface area contributed by atoms with Crippen molar-refractivity contribution in [3.05, 3.63) is 82.9 Å². The first kappa shape index (κ1) is 26.8. The van der Waals surface area contributed by atoms with Gasteiger partial charge in [-0.25, -0.2) is 4.79 Å². The number of esters is 1. The van der Waals surface area contributed by atoms with Crippen molar-refractivity contribution in [3.8, 4) is 22.6 Å². The van der Waals surface area contributed by atoms with Crippen LogP contribution in [0.1, 0.15) is 65.1 Å². The maximum Gasteiger partial charge on any atom is 0.416 e. The summed E-state index contributed by atoms with van der Waals surface area (Å²) in [5, 5.41) is 0. The summed E-state index contributed by atoms with van der Waals surface area (Å²) < 4.78 is 61.7. The number of ether oxygens (including phenoxy) is 4. The first-order chi connectivity index (χ1) is 19.2. The number of halogens is 3. The van der Waals surface area contributed by atoms with Gasteiger partial charge in [0.1, 0.15) is 18.1 Å². The van der Waals surface area contributed by atoms with E-state index in [0.29, 0.717) is 42.8 Å². The first-order valence-corrected chi connectivity index (χ1v) is 13.7. The van der Waals surface area contributed by atoms with Crippen LogP contribution in [-0.2, 0) is 15.7 Å². The third kappa shape index (κ3) is 5.34. The molecule has 8 heteroatoms. The van der Waals surface area contributed by atoms with E-state index in [4.69, 9.17) is 18.9 Å². The standard InChI is InChI=1S/C32H31F3O5/c1-31(18-38-19-31)17-37-14-15-39-25-10-6-21(7-11-25)30(36)40-27-13-12-26(28-22-2-3-23(16-22)29(27)28)20-4-8-24(9-5-20)32(33,34)35/h4-13,22-23H,2-3,14-19H2,1H3. The van der Waals surface area contributed by atoms with Crippen molar-refractivity contribution in [1.29, 1.82) is 0 Å². The third-order valence-electron chi connectivity index (χ3n) is 8.16. The highest BCUT2D eigenvalue weighted by Crippen LogP contribution is 2.58. The summed E-state index contributed by atoms with van der Waals surface area (Å²) in [5.74, 6) is 1.32. The second-order valence-electron chi connectivity index (χ2n) is 11.3. The minimum atomic E-state index is -4.37. The number of carbonyl (C=O) groups is 1. The molecule has 2 fully saturated rings. The largest absolute Gasteiger partial charge is 0.491 e. The quantitative estimate of drug-likeness (QED) is 0.157. The minimum Gasteiger partial charge on any atom is -0.491 e. The highest BCUT2D eigenvalue weighted by atomic mass is 19.4. The van der Waals surface area contributed by atoms with Gasteiger partial charge in [-0.2, -0.15) is 13.2 Å². The van der Waals surface area contributed by atoms with E-state index in [1.54, 1.807) is 30.3 Å². The number of carbonyl (C=O) groups excluding carboxylic acids is 1. The highest BCUT2D eigenvalue weighted by Gasteiger charge is 2.41. The molecule has 0 aromatic heterocycles. The average Bonchev–Trinajstić information content (AvgIpc) is 3.55. The molecule has 1 saturated carbocycles. The normalized spacial score (nSPS) is 20.6. The second-order valence-corrected chi connectivity index (χ2v) is 11.3. The van der Waals surface area contributed by atoms with Crippen LogP contribution in [0, 0.1) is 5.41 Å². The van der Waals surface area contributed by atoms with Crippen molar-refractivity contribution >= 4 is 5.97 Å². The zero-order chi connectivity index (χ0) is 27.9. The predicted molar refractivity (Wildman–Crippen MR) is 143 cm³/mol. The van der Waals surface area contributed by atoms with E-state index in [-0.39, 0.29) is 11.3 Å². The van der Waals surface area contributed by atoms with Crippen LogP contribution < -0.4 is 9.47 Å². The van der Waals surface area contributed by atoms with Crippen LogP contribution in [0.2, 0.25) is 0 Å². The Kier molecular flexibility index (Phi) is 7.09. The molecule has 0 spiro atoms. The van der Waals surface area contributed by atoms with Gasteiger partial charge >= 0.3 is 12.1 Å². The summed E-state index contributed by atoms with van der Waals surface area (Å²) in [6.07, 6.45) is -1.36. The summed E-state index contributed by atoms with van der Waals surface area (Å²) in [6.45, 7) is 5.08. The Labute approximate surface area is 231 Å². The molecular formula is C32H31F3O5. The summed E-state index contributed by atoms with van der Waals surface area (Å²) in [6, 6.07) is 15.7. The number of hydrogen-bond donors (Lipinski definition) is 0. The van der Waals surface area contributed by atoms with Gasteiger partial charge in [0, 0.05) is 11.0 Å². The Hall–Kier alpha value is -3.36. The molecule has 2 aliphatic carbocycles. The van der Waals surface area contributed by atoms with Gasteiger partial charge in [0.2, 0.25) is 0 Å². The molecule has 5 nitrogen and oxygen atoms in total. The average molecular weight is 553 g/mol. The van der Waals surface area contributed by atoms with Crippen LogP contribution in [0.5, 0.6) is 11.5 Å². The third-order valence-corrected chi connectivity index (χ3v) is 8.16. The SMILES string of the molecule is CC1(COCCOc2ccc(C(=O)Oc3ccc(-c4ccc(C(F)(F)F)cc4)c4c3C3CCC4C3)cc2)COC1. The molecule has 1 aliphatic heterocycles. The fourth-order valence-electron chi connectivity index (χ4n) is 6.08. The van der Waals surface area contributed by atoms with Crippen molar-refractivity contribution < 1.29 is 36.9 Å². The zero-order valence-electron chi connectivity index (χ0n) is 22.3. The molecular weight excluding hydrogens is 521 g/mol. The molecule has 2 bridgehead atoms. The Morgan fingerprint density at radius 3 is 2.27 bits per heavy atom. The molecule has 3 aromatic carbocycles. The van der Waals surface area contributed by atoms with E-state index in [9.17, 15) is 18.0 Å². The number of alkyl halides is 3. The lowest BCUT2D eigenvalue weighted by Crippen LogP contribution is -2.43. The summed E-state index contributed by atoms with van der Waals surface area (Å²) >= 11 is 0. The van der Waals surface area contributed by atoms with E-state index >= 15 is 0 Å². The van der Waals surface area contributed by atoms with Gasteiger partial charge in [0.25, 0.3) is 0 Å². The van der Waals surface area contributed by atoms with Crippen LogP contribution >= 0.6 is 0 Å². The molecule has 40 heavy (non-hydrogen) atoms. The smallest absolute Gasteiger partial charge is 0.416 e. The van der Waals surface area contributed by atoms with Gasteiger partial charge in [0.15, 0.2) is 0 Å². The fourth-order valence-corrected chi connectivity index (χ4v) is 6.08. The fraction of sp³-hybridized carbons (Fsp3) is 0.406. The van der Waals surface area contributed by atoms with Crippen molar-refractivity contribution in [3.63, 3.8) is 0 Å². The van der Waals surface area contributed by atoms with Crippen molar-refractivity contribution in [2.75, 3.05) is 33.0 Å². The summed E-state index contributed by atoms with van der Waals surface area (Å²) in [5.41, 5.74) is 3.61. The number of rotatable bonds is 9. The molecule has 6 rings (SSSR count). The molecule has 2 atom stereocenters. The van der Waals surface area contributed by atoms with Crippen molar-refractivity contribution in [2.45, 2.75) is 44.2 Å². The maximum absolute atomic E-state index is 13.1. The maximum atomic E-state index is 13.1. The number of benzene rings is 3. The van der Waals surface area contributed by atoms with Crippen LogP contribution in [-0.4, -0.2) is 39.0 Å². The minimum absolute atomic E-state index is 0.101. The van der Waals surface area contributed by atoms with E-state index in [1.165, 1.54) is 12.1 Å². The van der Waals surface area contributed by atoms with Gasteiger partial charge in [-0.15, -0.1) is 0 Å². The Bertz CT molecular complexity index is 1380. The molecule has 3 aliphatic rings. The summed E-state index contributed by atoms with van der Waals surface area (Å²) in [4.78, 5) is 13.0. The van der Waals surface area contributed by atoms with Crippen LogP contribution in [0.25, 0.3) is 11.1 Å². The van der Waals surface area contributed by atoms with Gasteiger partial charge in [-0.1, -0.05) is 25.1 Å². The van der Waals surface area contributed by atoms with Gasteiger partial charge in [-0.05, 0) is 90.3 Å². The van der Waals surface area contributed by atoms with E-state index in [2.05, 4.69) is 6.92 Å². The highest BCUT2D eigenvalue weighted by molar-refractivity contribution is 5.91. The van der Waals surface area contributed by atoms with E-state index in [1.807, 2.05) is 6.07 Å². The van der Waals surface area contributed by atoms with Crippen molar-refractivity contribution in [1.82, 2.24) is 0 Å². The van der Waals surface area contributed by atoms with Crippen LogP contribution in [0.15, 0.2) is 60.7 Å². The molecule has 3 aromatic rings. The molecule has 2 unspecified atom stereocenters. The summed E-state index contributed by atoms with van der Waals surface area (Å²) in [7, 11) is 0. The zero-order valence-corrected chi connectivity index (χ0v) is 22.3. The number of hydrogen-bond acceptors (Lipinski definition) is 5. The first-order valence-electron chi connectivity index (χ1n) is 13.7. The van der Waals surface area contributed by atoms with Crippen molar-refractivity contribution in [2.24, 2.45) is 5.41 Å². The molecule has 0 amide bonds. The lowest BCUT2D eigenvalue weighted by Gasteiger charge is -2.37. The Morgan fingerprint density at radius 2 is 1.62 bits per heavy atom. The predicted octanol–water partition coefficient (Wildman–Crippen LogP) is 7.39. The van der Waals surface area contributed by atoms with Gasteiger partial charge in [0.05, 0.1) is 37.6 Å². The molecule has 1 heterocycles. The topological polar surface area (TPSA) is 54.0 Å². The second kappa shape index (κ2) is 10.6. The number of fused-ring (bicyclic) bond motifs is 5. The van der Waals surface area contributed by atoms with Crippen LogP contribution in [0.3, 0.4) is 0 Å². The lowest BCUT2D eigenvalue weighted by molar-refractivity contribution is -0.139. The molecule has 0 radical (unpaired) electrons. The monoisotopic (exact) mass is 552 g/mol. The van der Waals surface area contributed by atoms with Gasteiger partial charge < -0.3 is 18.9 Å². The van der Waals surface area contributed by atoms with E-state index < -0.39 is 17.7 Å². The molecule has 210 valence electrons. The van der Waals surface area contributed by atoms with Crippen LogP contribution in [0.4, 0.5) is 13.2 Å². The molecule has 1 saturated heterocycles.